The lowest BCUT2D eigenvalue weighted by molar-refractivity contribution is -0.138. The number of imide groups is 1. The summed E-state index contributed by atoms with van der Waals surface area (Å²) >= 11 is 0. The number of amides is 3. The van der Waals surface area contributed by atoms with Crippen molar-refractivity contribution in [1.82, 2.24) is 9.80 Å². The lowest BCUT2D eigenvalue weighted by atomic mass is 10.0. The number of unbranched alkanes of at least 4 members (excludes halogenated alkanes) is 5. The largest absolute Gasteiger partial charge is 0.372 e. The zero-order chi connectivity index (χ0) is 24.0. The van der Waals surface area contributed by atoms with E-state index < -0.39 is 0 Å². The summed E-state index contributed by atoms with van der Waals surface area (Å²) in [6.45, 7) is 9.19. The lowest BCUT2D eigenvalue weighted by Crippen LogP contribution is -2.47. The van der Waals surface area contributed by atoms with Gasteiger partial charge in [0.2, 0.25) is 5.91 Å². The first-order valence-corrected chi connectivity index (χ1v) is 12.2. The van der Waals surface area contributed by atoms with Crippen molar-refractivity contribution in [3.63, 3.8) is 0 Å². The Hall–Kier alpha value is -2.67. The fourth-order valence-corrected chi connectivity index (χ4v) is 4.65. The molecule has 7 heteroatoms. The Kier molecular flexibility index (Phi) is 8.67. The first-order valence-electron chi connectivity index (χ1n) is 12.2. The Morgan fingerprint density at radius 1 is 0.970 bits per heavy atom. The van der Waals surface area contributed by atoms with E-state index in [0.717, 1.165) is 19.3 Å². The third-order valence-electron chi connectivity index (χ3n) is 6.11. The first kappa shape index (κ1) is 25.0. The van der Waals surface area contributed by atoms with Crippen LogP contribution in [-0.2, 0) is 19.1 Å². The van der Waals surface area contributed by atoms with Crippen molar-refractivity contribution in [3.8, 4) is 0 Å². The molecule has 1 aromatic rings. The third kappa shape index (κ3) is 6.22. The number of hydrogen-bond acceptors (Lipinski definition) is 5. The van der Waals surface area contributed by atoms with E-state index >= 15 is 0 Å². The zero-order valence-electron chi connectivity index (χ0n) is 20.4. The number of benzene rings is 1. The summed E-state index contributed by atoms with van der Waals surface area (Å²) < 4.78 is 5.86. The molecule has 2 aliphatic heterocycles. The molecule has 7 nitrogen and oxygen atoms in total. The third-order valence-corrected chi connectivity index (χ3v) is 6.11. The van der Waals surface area contributed by atoms with Crippen molar-refractivity contribution in [2.75, 3.05) is 25.0 Å². The van der Waals surface area contributed by atoms with E-state index in [-0.39, 0.29) is 29.9 Å². The van der Waals surface area contributed by atoms with Gasteiger partial charge >= 0.3 is 0 Å². The predicted molar refractivity (Wildman–Crippen MR) is 129 cm³/mol. The molecule has 180 valence electrons. The second-order valence-corrected chi connectivity index (χ2v) is 9.17. The van der Waals surface area contributed by atoms with Gasteiger partial charge in [0, 0.05) is 32.2 Å². The Morgan fingerprint density at radius 2 is 1.58 bits per heavy atom. The van der Waals surface area contributed by atoms with Gasteiger partial charge in [0.1, 0.15) is 5.70 Å². The minimum Gasteiger partial charge on any atom is -0.372 e. The molecule has 0 aliphatic carbocycles. The van der Waals surface area contributed by atoms with E-state index in [1.807, 2.05) is 18.7 Å². The average Bonchev–Trinajstić information content (AvgIpc) is 3.00. The van der Waals surface area contributed by atoms with Gasteiger partial charge in [0.15, 0.2) is 0 Å². The molecule has 0 radical (unpaired) electrons. The van der Waals surface area contributed by atoms with Gasteiger partial charge in [-0.1, -0.05) is 51.2 Å². The molecule has 2 atom stereocenters. The van der Waals surface area contributed by atoms with E-state index in [9.17, 15) is 14.4 Å². The van der Waals surface area contributed by atoms with Crippen molar-refractivity contribution in [2.45, 2.75) is 78.4 Å². The summed E-state index contributed by atoms with van der Waals surface area (Å²) in [5, 5.41) is 2.74. The van der Waals surface area contributed by atoms with Crippen LogP contribution in [0, 0.1) is 0 Å². The molecule has 2 unspecified atom stereocenters. The highest BCUT2D eigenvalue weighted by Gasteiger charge is 2.42. The molecular formula is C26H37N3O4. The van der Waals surface area contributed by atoms with E-state index in [4.69, 9.17) is 4.74 Å². The SMILES string of the molecule is CCCCCCCCN1C(=O)C(c2ccc(NC(C)=O)cc2)=C(N2CC(C)OC(C)C2)C1=O. The van der Waals surface area contributed by atoms with Gasteiger partial charge in [0.05, 0.1) is 17.8 Å². The maximum atomic E-state index is 13.5. The summed E-state index contributed by atoms with van der Waals surface area (Å²) in [4.78, 5) is 41.8. The summed E-state index contributed by atoms with van der Waals surface area (Å²) in [6.07, 6.45) is 6.51. The molecule has 1 fully saturated rings. The smallest absolute Gasteiger partial charge is 0.277 e. The van der Waals surface area contributed by atoms with Gasteiger partial charge < -0.3 is 15.0 Å². The molecule has 2 heterocycles. The molecule has 0 aromatic heterocycles. The lowest BCUT2D eigenvalue weighted by Gasteiger charge is -2.37. The van der Waals surface area contributed by atoms with Crippen molar-refractivity contribution in [2.24, 2.45) is 0 Å². The molecule has 1 aromatic carbocycles. The number of carbonyl (C=O) groups is 3. The highest BCUT2D eigenvalue weighted by molar-refractivity contribution is 6.35. The molecule has 1 N–H and O–H groups in total. The fourth-order valence-electron chi connectivity index (χ4n) is 4.65. The molecule has 0 saturated carbocycles. The van der Waals surface area contributed by atoms with E-state index in [2.05, 4.69) is 12.2 Å². The van der Waals surface area contributed by atoms with Crippen LogP contribution >= 0.6 is 0 Å². The van der Waals surface area contributed by atoms with Crippen molar-refractivity contribution < 1.29 is 19.1 Å². The van der Waals surface area contributed by atoms with Crippen LogP contribution in [0.5, 0.6) is 0 Å². The van der Waals surface area contributed by atoms with Crippen LogP contribution in [0.4, 0.5) is 5.69 Å². The van der Waals surface area contributed by atoms with E-state index in [0.29, 0.717) is 42.2 Å². The van der Waals surface area contributed by atoms with Gasteiger partial charge in [-0.2, -0.15) is 0 Å². The van der Waals surface area contributed by atoms with Crippen molar-refractivity contribution >= 4 is 29.0 Å². The van der Waals surface area contributed by atoms with E-state index in [1.165, 1.54) is 31.1 Å². The Labute approximate surface area is 197 Å². The number of rotatable bonds is 10. The number of hydrogen-bond donors (Lipinski definition) is 1. The highest BCUT2D eigenvalue weighted by atomic mass is 16.5. The number of nitrogens with one attached hydrogen (secondary N) is 1. The van der Waals surface area contributed by atoms with E-state index in [1.54, 1.807) is 24.3 Å². The number of morpholine rings is 1. The molecule has 2 aliphatic rings. The number of ether oxygens (including phenoxy) is 1. The second kappa shape index (κ2) is 11.5. The number of nitrogens with zero attached hydrogens (tertiary/aromatic N) is 2. The number of anilines is 1. The molecule has 0 spiro atoms. The highest BCUT2D eigenvalue weighted by Crippen LogP contribution is 2.34. The van der Waals surface area contributed by atoms with Gasteiger partial charge in [-0.05, 0) is 38.0 Å². The Bertz CT molecular complexity index is 883. The minimum absolute atomic E-state index is 0.0276. The molecule has 0 bridgehead atoms. The molecule has 3 amide bonds. The van der Waals surface area contributed by atoms with Gasteiger partial charge in [-0.3, -0.25) is 19.3 Å². The van der Waals surface area contributed by atoms with Crippen LogP contribution in [0.2, 0.25) is 0 Å². The topological polar surface area (TPSA) is 79.0 Å². The second-order valence-electron chi connectivity index (χ2n) is 9.17. The Balaban J connectivity index is 1.85. The van der Waals surface area contributed by atoms with Crippen molar-refractivity contribution in [3.05, 3.63) is 35.5 Å². The fraction of sp³-hybridized carbons (Fsp3) is 0.577. The standard InChI is InChI=1S/C26H37N3O4/c1-5-6-7-8-9-10-15-29-25(31)23(21-11-13-22(14-12-21)27-20(4)30)24(26(29)32)28-16-18(2)33-19(3)17-28/h11-14,18-19H,5-10,15-17H2,1-4H3,(H,27,30). The van der Waals surface area contributed by atoms with Gasteiger partial charge in [0.25, 0.3) is 11.8 Å². The van der Waals surface area contributed by atoms with Crippen LogP contribution in [0.15, 0.2) is 30.0 Å². The van der Waals surface area contributed by atoms with Gasteiger partial charge in [-0.25, -0.2) is 0 Å². The minimum atomic E-state index is -0.234. The van der Waals surface area contributed by atoms with Crippen LogP contribution in [0.25, 0.3) is 5.57 Å². The van der Waals surface area contributed by atoms with Gasteiger partial charge in [-0.15, -0.1) is 0 Å². The molecular weight excluding hydrogens is 418 g/mol. The average molecular weight is 456 g/mol. The van der Waals surface area contributed by atoms with Crippen LogP contribution in [-0.4, -0.2) is 59.4 Å². The van der Waals surface area contributed by atoms with Crippen LogP contribution in [0.1, 0.15) is 71.8 Å². The summed E-state index contributed by atoms with van der Waals surface area (Å²) in [5.41, 5.74) is 2.26. The monoisotopic (exact) mass is 455 g/mol. The molecule has 1 saturated heterocycles. The molecule has 33 heavy (non-hydrogen) atoms. The van der Waals surface area contributed by atoms with Crippen LogP contribution in [0.3, 0.4) is 0 Å². The summed E-state index contributed by atoms with van der Waals surface area (Å²) in [6, 6.07) is 7.13. The quantitative estimate of drug-likeness (QED) is 0.423. The maximum absolute atomic E-state index is 13.5. The van der Waals surface area contributed by atoms with Crippen LogP contribution < -0.4 is 5.32 Å². The number of carbonyl (C=O) groups excluding carboxylic acids is 3. The predicted octanol–water partition coefficient (Wildman–Crippen LogP) is 4.19. The molecule has 3 rings (SSSR count). The first-order chi connectivity index (χ1) is 15.8. The maximum Gasteiger partial charge on any atom is 0.277 e. The Morgan fingerprint density at radius 3 is 2.18 bits per heavy atom. The van der Waals surface area contributed by atoms with Crippen molar-refractivity contribution in [1.29, 1.82) is 0 Å². The summed E-state index contributed by atoms with van der Waals surface area (Å²) in [5.74, 6) is -0.602. The summed E-state index contributed by atoms with van der Waals surface area (Å²) in [7, 11) is 0. The normalized spacial score (nSPS) is 21.2. The zero-order valence-corrected chi connectivity index (χ0v) is 20.4.